The molecule has 2 aromatic rings. The van der Waals surface area contributed by atoms with Crippen molar-refractivity contribution >= 4 is 17.3 Å². The molecule has 1 aliphatic heterocycles. The fourth-order valence-corrected chi connectivity index (χ4v) is 2.05. The Bertz CT molecular complexity index is 655. The maximum Gasteiger partial charge on any atom is 0.262 e. The Labute approximate surface area is 116 Å². The van der Waals surface area contributed by atoms with Crippen LogP contribution in [-0.2, 0) is 11.3 Å². The van der Waals surface area contributed by atoms with Gasteiger partial charge in [0.05, 0.1) is 5.69 Å². The zero-order valence-electron chi connectivity index (χ0n) is 10.7. The van der Waals surface area contributed by atoms with E-state index < -0.39 is 0 Å². The molecule has 0 fully saturated rings. The van der Waals surface area contributed by atoms with Crippen molar-refractivity contribution in [1.29, 1.82) is 0 Å². The van der Waals surface area contributed by atoms with Crippen LogP contribution in [0, 0.1) is 0 Å². The fourth-order valence-electron chi connectivity index (χ4n) is 2.05. The van der Waals surface area contributed by atoms with Gasteiger partial charge >= 0.3 is 0 Å². The van der Waals surface area contributed by atoms with E-state index in [1.165, 1.54) is 0 Å². The molecule has 0 aromatic heterocycles. The number of carbonyl (C=O) groups is 1. The maximum atomic E-state index is 11.3. The summed E-state index contributed by atoms with van der Waals surface area (Å²) in [7, 11) is 0. The standard InChI is InChI=1S/C15H14N2O3/c18-13-4-2-1-3-10(13)8-16-11-5-6-14-12(7-11)17-15(19)9-20-14/h1-7,16,18H,8-9H2,(H,17,19). The average Bonchev–Trinajstić information content (AvgIpc) is 2.46. The van der Waals surface area contributed by atoms with Crippen molar-refractivity contribution in [3.8, 4) is 11.5 Å². The van der Waals surface area contributed by atoms with Gasteiger partial charge in [0, 0.05) is 17.8 Å². The second-order valence-electron chi connectivity index (χ2n) is 4.53. The first-order valence-corrected chi connectivity index (χ1v) is 6.30. The molecule has 0 saturated heterocycles. The Morgan fingerprint density at radius 1 is 1.25 bits per heavy atom. The topological polar surface area (TPSA) is 70.6 Å². The van der Waals surface area contributed by atoms with E-state index in [9.17, 15) is 9.90 Å². The molecule has 2 aromatic carbocycles. The summed E-state index contributed by atoms with van der Waals surface area (Å²) >= 11 is 0. The largest absolute Gasteiger partial charge is 0.508 e. The third kappa shape index (κ3) is 2.51. The fraction of sp³-hybridized carbons (Fsp3) is 0.133. The van der Waals surface area contributed by atoms with Gasteiger partial charge in [0.25, 0.3) is 5.91 Å². The van der Waals surface area contributed by atoms with Crippen molar-refractivity contribution in [3.63, 3.8) is 0 Å². The summed E-state index contributed by atoms with van der Waals surface area (Å²) in [5.41, 5.74) is 2.31. The molecular weight excluding hydrogens is 256 g/mol. The van der Waals surface area contributed by atoms with E-state index in [2.05, 4.69) is 10.6 Å². The first-order chi connectivity index (χ1) is 9.72. The average molecular weight is 270 g/mol. The molecule has 5 nitrogen and oxygen atoms in total. The van der Waals surface area contributed by atoms with Gasteiger partial charge < -0.3 is 20.5 Å². The van der Waals surface area contributed by atoms with Crippen molar-refractivity contribution < 1.29 is 14.6 Å². The molecule has 1 amide bonds. The number of rotatable bonds is 3. The minimum Gasteiger partial charge on any atom is -0.508 e. The normalized spacial score (nSPS) is 13.1. The number of carbonyl (C=O) groups excluding carboxylic acids is 1. The van der Waals surface area contributed by atoms with Crippen LogP contribution < -0.4 is 15.4 Å². The summed E-state index contributed by atoms with van der Waals surface area (Å²) in [6.45, 7) is 0.553. The van der Waals surface area contributed by atoms with Crippen molar-refractivity contribution in [2.24, 2.45) is 0 Å². The predicted molar refractivity (Wildman–Crippen MR) is 76.0 cm³/mol. The minimum atomic E-state index is -0.157. The highest BCUT2D eigenvalue weighted by Crippen LogP contribution is 2.30. The summed E-state index contributed by atoms with van der Waals surface area (Å²) in [6, 6.07) is 12.6. The maximum absolute atomic E-state index is 11.3. The summed E-state index contributed by atoms with van der Waals surface area (Å²) in [6.07, 6.45) is 0. The van der Waals surface area contributed by atoms with Crippen molar-refractivity contribution in [2.75, 3.05) is 17.2 Å². The van der Waals surface area contributed by atoms with Crippen LogP contribution >= 0.6 is 0 Å². The quantitative estimate of drug-likeness (QED) is 0.800. The Balaban J connectivity index is 1.74. The summed E-state index contributed by atoms with van der Waals surface area (Å²) in [5, 5.41) is 15.7. The number of benzene rings is 2. The number of hydrogen-bond donors (Lipinski definition) is 3. The van der Waals surface area contributed by atoms with Gasteiger partial charge in [0.2, 0.25) is 0 Å². The summed E-state index contributed by atoms with van der Waals surface area (Å²) in [4.78, 5) is 11.3. The van der Waals surface area contributed by atoms with Gasteiger partial charge in [-0.25, -0.2) is 0 Å². The predicted octanol–water partition coefficient (Wildman–Crippen LogP) is 2.34. The van der Waals surface area contributed by atoms with Gasteiger partial charge in [-0.1, -0.05) is 18.2 Å². The van der Waals surface area contributed by atoms with E-state index in [-0.39, 0.29) is 18.3 Å². The van der Waals surface area contributed by atoms with Crippen LogP contribution in [0.25, 0.3) is 0 Å². The Kier molecular flexibility index (Phi) is 3.16. The second-order valence-corrected chi connectivity index (χ2v) is 4.53. The third-order valence-electron chi connectivity index (χ3n) is 3.09. The van der Waals surface area contributed by atoms with E-state index in [1.54, 1.807) is 12.1 Å². The highest BCUT2D eigenvalue weighted by molar-refractivity contribution is 5.96. The van der Waals surface area contributed by atoms with Crippen LogP contribution in [0.1, 0.15) is 5.56 Å². The molecule has 0 saturated carbocycles. The molecule has 102 valence electrons. The van der Waals surface area contributed by atoms with Gasteiger partial charge in [-0.2, -0.15) is 0 Å². The lowest BCUT2D eigenvalue weighted by Crippen LogP contribution is -2.25. The Morgan fingerprint density at radius 2 is 2.10 bits per heavy atom. The molecule has 20 heavy (non-hydrogen) atoms. The van der Waals surface area contributed by atoms with Crippen LogP contribution in [0.5, 0.6) is 11.5 Å². The molecule has 5 heteroatoms. The molecule has 0 aliphatic carbocycles. The molecule has 3 rings (SSSR count). The molecule has 0 radical (unpaired) electrons. The lowest BCUT2D eigenvalue weighted by atomic mass is 10.2. The number of hydrogen-bond acceptors (Lipinski definition) is 4. The van der Waals surface area contributed by atoms with E-state index in [0.717, 1.165) is 11.3 Å². The van der Waals surface area contributed by atoms with Gasteiger partial charge in [-0.3, -0.25) is 4.79 Å². The number of aromatic hydroxyl groups is 1. The lowest BCUT2D eigenvalue weighted by Gasteiger charge is -2.19. The van der Waals surface area contributed by atoms with Crippen molar-refractivity contribution in [1.82, 2.24) is 0 Å². The van der Waals surface area contributed by atoms with Gasteiger partial charge in [-0.15, -0.1) is 0 Å². The van der Waals surface area contributed by atoms with Gasteiger partial charge in [0.15, 0.2) is 6.61 Å². The molecule has 3 N–H and O–H groups in total. The molecule has 0 spiro atoms. The zero-order chi connectivity index (χ0) is 13.9. The van der Waals surface area contributed by atoms with Crippen LogP contribution in [0.15, 0.2) is 42.5 Å². The summed E-state index contributed by atoms with van der Waals surface area (Å²) in [5.74, 6) is 0.766. The second kappa shape index (κ2) is 5.13. The highest BCUT2D eigenvalue weighted by atomic mass is 16.5. The number of ether oxygens (including phenoxy) is 1. The number of phenolic OH excluding ortho intramolecular Hbond substituents is 1. The van der Waals surface area contributed by atoms with Crippen molar-refractivity contribution in [3.05, 3.63) is 48.0 Å². The van der Waals surface area contributed by atoms with Crippen LogP contribution in [-0.4, -0.2) is 17.6 Å². The number of amides is 1. The van der Waals surface area contributed by atoms with Crippen LogP contribution in [0.2, 0.25) is 0 Å². The van der Waals surface area contributed by atoms with E-state index >= 15 is 0 Å². The van der Waals surface area contributed by atoms with E-state index in [4.69, 9.17) is 4.74 Å². The molecule has 0 atom stereocenters. The Morgan fingerprint density at radius 3 is 2.95 bits per heavy atom. The number of anilines is 2. The zero-order valence-corrected chi connectivity index (χ0v) is 10.7. The molecular formula is C15H14N2O3. The van der Waals surface area contributed by atoms with Gasteiger partial charge in [-0.05, 0) is 24.3 Å². The SMILES string of the molecule is O=C1COc2ccc(NCc3ccccc3O)cc2N1. The molecule has 0 unspecified atom stereocenters. The van der Waals surface area contributed by atoms with Crippen molar-refractivity contribution in [2.45, 2.75) is 6.54 Å². The van der Waals surface area contributed by atoms with Gasteiger partial charge in [0.1, 0.15) is 11.5 Å². The van der Waals surface area contributed by atoms with Crippen LogP contribution in [0.3, 0.4) is 0 Å². The smallest absolute Gasteiger partial charge is 0.262 e. The van der Waals surface area contributed by atoms with Crippen LogP contribution in [0.4, 0.5) is 11.4 Å². The number of nitrogens with one attached hydrogen (secondary N) is 2. The van der Waals surface area contributed by atoms with E-state index in [0.29, 0.717) is 18.0 Å². The molecule has 1 aliphatic rings. The van der Waals surface area contributed by atoms with E-state index in [1.807, 2.05) is 30.3 Å². The number of phenols is 1. The monoisotopic (exact) mass is 270 g/mol. The first-order valence-electron chi connectivity index (χ1n) is 6.30. The molecule has 0 bridgehead atoms. The summed E-state index contributed by atoms with van der Waals surface area (Å²) < 4.78 is 5.29. The lowest BCUT2D eigenvalue weighted by molar-refractivity contribution is -0.118. The first kappa shape index (κ1) is 12.3. The number of para-hydroxylation sites is 1. The molecule has 1 heterocycles. The third-order valence-corrected chi connectivity index (χ3v) is 3.09. The minimum absolute atomic E-state index is 0.0532. The highest BCUT2D eigenvalue weighted by Gasteiger charge is 2.15. The Hall–Kier alpha value is -2.69. The number of fused-ring (bicyclic) bond motifs is 1.